The van der Waals surface area contributed by atoms with Gasteiger partial charge in [0.05, 0.1) is 7.11 Å². The van der Waals surface area contributed by atoms with Gasteiger partial charge in [0.1, 0.15) is 13.6 Å². The van der Waals surface area contributed by atoms with E-state index in [1.807, 2.05) is 0 Å². The molecule has 0 heterocycles. The Morgan fingerprint density at radius 2 is 1.91 bits per heavy atom. The maximum atomic E-state index is 5.23. The van der Waals surface area contributed by atoms with E-state index < -0.39 is 0 Å². The Kier molecular flexibility index (Phi) is 2.23. The van der Waals surface area contributed by atoms with Gasteiger partial charge in [0.25, 0.3) is 0 Å². The summed E-state index contributed by atoms with van der Waals surface area (Å²) in [6.07, 6.45) is 0. The van der Waals surface area contributed by atoms with E-state index in [2.05, 4.69) is 33.8 Å². The maximum absolute atomic E-state index is 5.23. The molecule has 0 aliphatic rings. The maximum Gasteiger partial charge on any atom is 0.144 e. The van der Waals surface area contributed by atoms with Gasteiger partial charge in [0, 0.05) is 0 Å². The molecule has 0 spiro atoms. The Bertz CT molecular complexity index is 245. The number of hydrogen-bond acceptors (Lipinski definition) is 1. The second kappa shape index (κ2) is 2.99. The predicted octanol–water partition coefficient (Wildman–Crippen LogP) is 0.570. The van der Waals surface area contributed by atoms with Crippen LogP contribution in [0.2, 0.25) is 0 Å². The first-order chi connectivity index (χ1) is 5.15. The average Bonchev–Trinajstić information content (AvgIpc) is 1.85. The van der Waals surface area contributed by atoms with Crippen LogP contribution in [0.4, 0.5) is 0 Å². The lowest BCUT2D eigenvalue weighted by atomic mass is 9.91. The highest BCUT2D eigenvalue weighted by Crippen LogP contribution is 2.14. The van der Waals surface area contributed by atoms with Crippen LogP contribution in [0.25, 0.3) is 0 Å². The van der Waals surface area contributed by atoms with Crippen molar-refractivity contribution >= 4 is 13.3 Å². The van der Waals surface area contributed by atoms with E-state index in [1.165, 1.54) is 16.6 Å². The Hall–Kier alpha value is -0.915. The number of ether oxygens (including phenoxy) is 1. The van der Waals surface area contributed by atoms with E-state index in [0.29, 0.717) is 0 Å². The van der Waals surface area contributed by atoms with Gasteiger partial charge < -0.3 is 4.74 Å². The zero-order chi connectivity index (χ0) is 8.43. The quantitative estimate of drug-likeness (QED) is 0.529. The molecule has 0 atom stereocenters. The van der Waals surface area contributed by atoms with Crippen LogP contribution in [-0.4, -0.2) is 15.0 Å². The van der Waals surface area contributed by atoms with E-state index >= 15 is 0 Å². The van der Waals surface area contributed by atoms with Gasteiger partial charge >= 0.3 is 0 Å². The summed E-state index contributed by atoms with van der Waals surface area (Å²) in [7, 11) is 3.78. The molecule has 0 aromatic heterocycles. The number of rotatable bonds is 1. The monoisotopic (exact) mass is 148 g/mol. The summed E-state index contributed by atoms with van der Waals surface area (Å²) in [5.74, 6) is 1.01. The molecule has 0 fully saturated rings. The fourth-order valence-electron chi connectivity index (χ4n) is 1.49. The Balaban J connectivity index is 3.25. The van der Waals surface area contributed by atoms with Crippen molar-refractivity contribution in [3.63, 3.8) is 0 Å². The zero-order valence-corrected chi connectivity index (χ0v) is 7.56. The standard InChI is InChI=1S/C9H13BO/c1-6-4-7(2)9(11-3)8(10)5-6/h4-5H,10H2,1-3H3. The first-order valence-electron chi connectivity index (χ1n) is 3.77. The molecule has 0 aliphatic carbocycles. The van der Waals surface area contributed by atoms with Crippen LogP contribution >= 0.6 is 0 Å². The first-order valence-corrected chi connectivity index (χ1v) is 3.77. The van der Waals surface area contributed by atoms with Gasteiger partial charge in [-0.1, -0.05) is 17.7 Å². The molecule has 1 aromatic rings. The molecule has 0 bridgehead atoms. The molecule has 0 N–H and O–H groups in total. The molecule has 0 saturated carbocycles. The summed E-state index contributed by atoms with van der Waals surface area (Å²) in [5.41, 5.74) is 3.72. The van der Waals surface area contributed by atoms with E-state index in [4.69, 9.17) is 4.74 Å². The minimum atomic E-state index is 1.01. The molecule has 0 amide bonds. The van der Waals surface area contributed by atoms with Crippen LogP contribution in [0, 0.1) is 13.8 Å². The molecule has 0 unspecified atom stereocenters. The fourth-order valence-corrected chi connectivity index (χ4v) is 1.49. The largest absolute Gasteiger partial charge is 0.497 e. The lowest BCUT2D eigenvalue weighted by Gasteiger charge is -2.08. The Morgan fingerprint density at radius 3 is 2.36 bits per heavy atom. The van der Waals surface area contributed by atoms with Gasteiger partial charge in [-0.15, -0.1) is 0 Å². The van der Waals surface area contributed by atoms with Crippen LogP contribution in [0.15, 0.2) is 12.1 Å². The normalized spacial score (nSPS) is 9.73. The molecule has 1 aromatic carbocycles. The minimum Gasteiger partial charge on any atom is -0.497 e. The molecule has 11 heavy (non-hydrogen) atoms. The molecular formula is C9H13BO. The van der Waals surface area contributed by atoms with Crippen LogP contribution in [0.5, 0.6) is 5.75 Å². The van der Waals surface area contributed by atoms with Gasteiger partial charge in [-0.25, -0.2) is 0 Å². The summed E-state index contributed by atoms with van der Waals surface area (Å²) >= 11 is 0. The van der Waals surface area contributed by atoms with Crippen LogP contribution in [0.1, 0.15) is 11.1 Å². The summed E-state index contributed by atoms with van der Waals surface area (Å²) in [6, 6.07) is 4.26. The average molecular weight is 148 g/mol. The molecule has 1 rings (SSSR count). The summed E-state index contributed by atoms with van der Waals surface area (Å²) < 4.78 is 5.23. The van der Waals surface area contributed by atoms with Gasteiger partial charge in [0.15, 0.2) is 0 Å². The molecule has 0 aliphatic heterocycles. The zero-order valence-electron chi connectivity index (χ0n) is 7.56. The lowest BCUT2D eigenvalue weighted by molar-refractivity contribution is 0.415. The van der Waals surface area contributed by atoms with Crippen molar-refractivity contribution in [2.75, 3.05) is 7.11 Å². The van der Waals surface area contributed by atoms with Crippen molar-refractivity contribution in [1.29, 1.82) is 0 Å². The van der Waals surface area contributed by atoms with Crippen molar-refractivity contribution < 1.29 is 4.74 Å². The third kappa shape index (κ3) is 1.56. The third-order valence-electron chi connectivity index (χ3n) is 1.81. The smallest absolute Gasteiger partial charge is 0.144 e. The van der Waals surface area contributed by atoms with Crippen LogP contribution in [0.3, 0.4) is 0 Å². The summed E-state index contributed by atoms with van der Waals surface area (Å²) in [6.45, 7) is 4.16. The SMILES string of the molecule is Bc1cc(C)cc(C)c1OC. The van der Waals surface area contributed by atoms with E-state index in [-0.39, 0.29) is 0 Å². The highest BCUT2D eigenvalue weighted by atomic mass is 16.5. The van der Waals surface area contributed by atoms with Gasteiger partial charge in [-0.3, -0.25) is 0 Å². The van der Waals surface area contributed by atoms with E-state index in [1.54, 1.807) is 7.11 Å². The number of aryl methyl sites for hydroxylation is 2. The number of benzene rings is 1. The number of methoxy groups -OCH3 is 1. The Labute approximate surface area is 68.8 Å². The number of hydrogen-bond donors (Lipinski definition) is 0. The van der Waals surface area contributed by atoms with Crippen molar-refractivity contribution in [1.82, 2.24) is 0 Å². The first kappa shape index (κ1) is 8.18. The Morgan fingerprint density at radius 1 is 1.27 bits per heavy atom. The topological polar surface area (TPSA) is 9.23 Å². The van der Waals surface area contributed by atoms with Gasteiger partial charge in [-0.2, -0.15) is 0 Å². The molecular weight excluding hydrogens is 135 g/mol. The molecule has 58 valence electrons. The fraction of sp³-hybridized carbons (Fsp3) is 0.333. The predicted molar refractivity (Wildman–Crippen MR) is 50.6 cm³/mol. The molecule has 0 saturated heterocycles. The van der Waals surface area contributed by atoms with Crippen LogP contribution in [-0.2, 0) is 0 Å². The third-order valence-corrected chi connectivity index (χ3v) is 1.81. The van der Waals surface area contributed by atoms with Crippen molar-refractivity contribution in [2.45, 2.75) is 13.8 Å². The molecule has 1 nitrogen and oxygen atoms in total. The highest BCUT2D eigenvalue weighted by molar-refractivity contribution is 6.34. The summed E-state index contributed by atoms with van der Waals surface area (Å²) in [4.78, 5) is 0. The van der Waals surface area contributed by atoms with Gasteiger partial charge in [0.2, 0.25) is 0 Å². The second-order valence-electron chi connectivity index (χ2n) is 2.93. The highest BCUT2D eigenvalue weighted by Gasteiger charge is 2.01. The van der Waals surface area contributed by atoms with Crippen molar-refractivity contribution in [3.05, 3.63) is 23.3 Å². The second-order valence-corrected chi connectivity index (χ2v) is 2.93. The lowest BCUT2D eigenvalue weighted by Crippen LogP contribution is -2.09. The van der Waals surface area contributed by atoms with E-state index in [0.717, 1.165) is 5.75 Å². The summed E-state index contributed by atoms with van der Waals surface area (Å²) in [5, 5.41) is 0. The van der Waals surface area contributed by atoms with Crippen LogP contribution < -0.4 is 10.2 Å². The minimum absolute atomic E-state index is 1.01. The van der Waals surface area contributed by atoms with E-state index in [9.17, 15) is 0 Å². The van der Waals surface area contributed by atoms with Gasteiger partial charge in [-0.05, 0) is 24.9 Å². The van der Waals surface area contributed by atoms with Crippen molar-refractivity contribution in [2.24, 2.45) is 0 Å². The van der Waals surface area contributed by atoms with Crippen molar-refractivity contribution in [3.8, 4) is 5.75 Å². The molecule has 2 heteroatoms. The molecule has 0 radical (unpaired) electrons.